The van der Waals surface area contributed by atoms with Gasteiger partial charge in [-0.15, -0.1) is 0 Å². The Bertz CT molecular complexity index is 529. The minimum Gasteiger partial charge on any atom is -0.324 e. The maximum atomic E-state index is 11.5. The van der Waals surface area contributed by atoms with E-state index in [1.807, 2.05) is 18.2 Å². The SMILES string of the molecule is Cc1ccc(-c2cccc(C(=O)CN)c2)cc1. The molecule has 0 bridgehead atoms. The predicted octanol–water partition coefficient (Wildman–Crippen LogP) is 2.80. The largest absolute Gasteiger partial charge is 0.324 e. The van der Waals surface area contributed by atoms with Crippen LogP contribution in [0.25, 0.3) is 11.1 Å². The molecule has 0 spiro atoms. The number of carbonyl (C=O) groups is 1. The first-order valence-electron chi connectivity index (χ1n) is 5.61. The molecule has 0 aliphatic rings. The lowest BCUT2D eigenvalue weighted by Crippen LogP contribution is -2.13. The summed E-state index contributed by atoms with van der Waals surface area (Å²) < 4.78 is 0. The minimum absolute atomic E-state index is 0.0287. The maximum absolute atomic E-state index is 11.5. The van der Waals surface area contributed by atoms with Gasteiger partial charge in [0.25, 0.3) is 0 Å². The highest BCUT2D eigenvalue weighted by molar-refractivity contribution is 5.98. The van der Waals surface area contributed by atoms with Gasteiger partial charge in [0, 0.05) is 5.56 Å². The van der Waals surface area contributed by atoms with Crippen LogP contribution in [-0.4, -0.2) is 12.3 Å². The number of ketones is 1. The van der Waals surface area contributed by atoms with Crippen LogP contribution in [0.15, 0.2) is 48.5 Å². The Hall–Kier alpha value is -1.93. The predicted molar refractivity (Wildman–Crippen MR) is 70.0 cm³/mol. The number of rotatable bonds is 3. The number of Topliss-reactive ketones (excluding diaryl/α,β-unsaturated/α-hetero) is 1. The molecule has 0 heterocycles. The van der Waals surface area contributed by atoms with Gasteiger partial charge < -0.3 is 5.73 Å². The highest BCUT2D eigenvalue weighted by Gasteiger charge is 2.04. The number of hydrogen-bond acceptors (Lipinski definition) is 2. The van der Waals surface area contributed by atoms with Crippen molar-refractivity contribution in [2.45, 2.75) is 6.92 Å². The number of nitrogens with two attached hydrogens (primary N) is 1. The molecule has 0 atom stereocenters. The molecule has 0 unspecified atom stereocenters. The number of aryl methyl sites for hydroxylation is 1. The van der Waals surface area contributed by atoms with Gasteiger partial charge in [0.15, 0.2) is 5.78 Å². The fourth-order valence-electron chi connectivity index (χ4n) is 1.74. The van der Waals surface area contributed by atoms with E-state index < -0.39 is 0 Å². The molecule has 0 saturated heterocycles. The monoisotopic (exact) mass is 225 g/mol. The molecule has 2 aromatic rings. The van der Waals surface area contributed by atoms with E-state index in [1.165, 1.54) is 5.56 Å². The lowest BCUT2D eigenvalue weighted by atomic mass is 10.0. The first-order valence-corrected chi connectivity index (χ1v) is 5.61. The van der Waals surface area contributed by atoms with Gasteiger partial charge in [-0.25, -0.2) is 0 Å². The van der Waals surface area contributed by atoms with Crippen molar-refractivity contribution >= 4 is 5.78 Å². The van der Waals surface area contributed by atoms with Crippen molar-refractivity contribution in [3.05, 3.63) is 59.7 Å². The van der Waals surface area contributed by atoms with Gasteiger partial charge in [-0.2, -0.15) is 0 Å². The second kappa shape index (κ2) is 4.93. The minimum atomic E-state index is -0.0287. The van der Waals surface area contributed by atoms with Crippen LogP contribution in [0.3, 0.4) is 0 Å². The Morgan fingerprint density at radius 2 is 1.76 bits per heavy atom. The summed E-state index contributed by atoms with van der Waals surface area (Å²) in [7, 11) is 0. The molecule has 2 heteroatoms. The van der Waals surface area contributed by atoms with Gasteiger partial charge in [-0.1, -0.05) is 48.0 Å². The third-order valence-corrected chi connectivity index (χ3v) is 2.75. The molecule has 0 aliphatic heterocycles. The van der Waals surface area contributed by atoms with Crippen LogP contribution in [0.2, 0.25) is 0 Å². The van der Waals surface area contributed by atoms with Crippen LogP contribution in [0, 0.1) is 6.92 Å². The standard InChI is InChI=1S/C15H15NO/c1-11-5-7-12(8-6-11)13-3-2-4-14(9-13)15(17)10-16/h2-9H,10,16H2,1H3. The van der Waals surface area contributed by atoms with E-state index in [2.05, 4.69) is 31.2 Å². The van der Waals surface area contributed by atoms with Gasteiger partial charge in [-0.05, 0) is 24.1 Å². The van der Waals surface area contributed by atoms with Crippen molar-refractivity contribution < 1.29 is 4.79 Å². The molecule has 0 amide bonds. The zero-order valence-corrected chi connectivity index (χ0v) is 9.81. The third-order valence-electron chi connectivity index (χ3n) is 2.75. The van der Waals surface area contributed by atoms with E-state index in [4.69, 9.17) is 5.73 Å². The molecule has 86 valence electrons. The molecular weight excluding hydrogens is 210 g/mol. The van der Waals surface area contributed by atoms with E-state index in [0.29, 0.717) is 5.56 Å². The van der Waals surface area contributed by atoms with Gasteiger partial charge in [0.2, 0.25) is 0 Å². The van der Waals surface area contributed by atoms with Crippen LogP contribution in [0.4, 0.5) is 0 Å². The van der Waals surface area contributed by atoms with E-state index in [9.17, 15) is 4.79 Å². The molecule has 2 N–H and O–H groups in total. The Morgan fingerprint density at radius 1 is 1.06 bits per heavy atom. The van der Waals surface area contributed by atoms with E-state index in [1.54, 1.807) is 6.07 Å². The first-order chi connectivity index (χ1) is 8.20. The van der Waals surface area contributed by atoms with Crippen molar-refractivity contribution in [3.8, 4) is 11.1 Å². The maximum Gasteiger partial charge on any atom is 0.176 e. The second-order valence-electron chi connectivity index (χ2n) is 4.07. The van der Waals surface area contributed by atoms with Gasteiger partial charge in [-0.3, -0.25) is 4.79 Å². The molecule has 0 radical (unpaired) electrons. The van der Waals surface area contributed by atoms with Crippen LogP contribution in [-0.2, 0) is 0 Å². The molecular formula is C15H15NO. The zero-order chi connectivity index (χ0) is 12.3. The highest BCUT2D eigenvalue weighted by atomic mass is 16.1. The molecule has 0 aliphatic carbocycles. The molecule has 2 rings (SSSR count). The average molecular weight is 225 g/mol. The van der Waals surface area contributed by atoms with Crippen molar-refractivity contribution in [1.29, 1.82) is 0 Å². The van der Waals surface area contributed by atoms with E-state index >= 15 is 0 Å². The fraction of sp³-hybridized carbons (Fsp3) is 0.133. The number of hydrogen-bond donors (Lipinski definition) is 1. The van der Waals surface area contributed by atoms with Crippen molar-refractivity contribution in [2.24, 2.45) is 5.73 Å². The van der Waals surface area contributed by atoms with Crippen LogP contribution >= 0.6 is 0 Å². The quantitative estimate of drug-likeness (QED) is 0.816. The summed E-state index contributed by atoms with van der Waals surface area (Å²) in [5.41, 5.74) is 9.42. The molecule has 17 heavy (non-hydrogen) atoms. The summed E-state index contributed by atoms with van der Waals surface area (Å²) in [5, 5.41) is 0. The molecule has 0 saturated carbocycles. The van der Waals surface area contributed by atoms with Crippen LogP contribution < -0.4 is 5.73 Å². The lowest BCUT2D eigenvalue weighted by Gasteiger charge is -2.04. The Labute approximate surface area is 101 Å². The zero-order valence-electron chi connectivity index (χ0n) is 9.81. The Kier molecular flexibility index (Phi) is 3.35. The Morgan fingerprint density at radius 3 is 2.41 bits per heavy atom. The number of benzene rings is 2. The second-order valence-corrected chi connectivity index (χ2v) is 4.07. The van der Waals surface area contributed by atoms with Crippen LogP contribution in [0.1, 0.15) is 15.9 Å². The number of carbonyl (C=O) groups excluding carboxylic acids is 1. The van der Waals surface area contributed by atoms with Gasteiger partial charge in [0.1, 0.15) is 0 Å². The summed E-state index contributed by atoms with van der Waals surface area (Å²) in [5.74, 6) is -0.0287. The van der Waals surface area contributed by atoms with Crippen molar-refractivity contribution in [3.63, 3.8) is 0 Å². The summed E-state index contributed by atoms with van der Waals surface area (Å²) in [6.07, 6.45) is 0. The first kappa shape index (κ1) is 11.6. The smallest absolute Gasteiger partial charge is 0.176 e. The van der Waals surface area contributed by atoms with Gasteiger partial charge in [0.05, 0.1) is 6.54 Å². The summed E-state index contributed by atoms with van der Waals surface area (Å²) >= 11 is 0. The van der Waals surface area contributed by atoms with E-state index in [-0.39, 0.29) is 12.3 Å². The molecule has 2 aromatic carbocycles. The Balaban J connectivity index is 2.39. The van der Waals surface area contributed by atoms with Gasteiger partial charge >= 0.3 is 0 Å². The molecule has 2 nitrogen and oxygen atoms in total. The summed E-state index contributed by atoms with van der Waals surface area (Å²) in [4.78, 5) is 11.5. The van der Waals surface area contributed by atoms with Crippen molar-refractivity contribution in [1.82, 2.24) is 0 Å². The van der Waals surface area contributed by atoms with Crippen LogP contribution in [0.5, 0.6) is 0 Å². The normalized spacial score (nSPS) is 10.2. The summed E-state index contributed by atoms with van der Waals surface area (Å²) in [6, 6.07) is 15.8. The summed E-state index contributed by atoms with van der Waals surface area (Å²) in [6.45, 7) is 2.11. The molecule has 0 fully saturated rings. The van der Waals surface area contributed by atoms with Crippen molar-refractivity contribution in [2.75, 3.05) is 6.54 Å². The lowest BCUT2D eigenvalue weighted by molar-refractivity contribution is 0.100. The third kappa shape index (κ3) is 2.60. The average Bonchev–Trinajstić information content (AvgIpc) is 2.39. The van der Waals surface area contributed by atoms with E-state index in [0.717, 1.165) is 11.1 Å². The topological polar surface area (TPSA) is 43.1 Å². The fourth-order valence-corrected chi connectivity index (χ4v) is 1.74. The highest BCUT2D eigenvalue weighted by Crippen LogP contribution is 2.20. The molecule has 0 aromatic heterocycles.